The van der Waals surface area contributed by atoms with Gasteiger partial charge in [-0.2, -0.15) is 0 Å². The summed E-state index contributed by atoms with van der Waals surface area (Å²) in [4.78, 5) is 9.11. The number of thiazole rings is 1. The van der Waals surface area contributed by atoms with E-state index in [0.717, 1.165) is 27.5 Å². The molecule has 2 aromatic heterocycles. The lowest BCUT2D eigenvalue weighted by atomic mass is 10.2. The fraction of sp³-hybridized carbons (Fsp3) is 0.0526. The predicted molar refractivity (Wildman–Crippen MR) is 95.8 cm³/mol. The van der Waals surface area contributed by atoms with Gasteiger partial charge in [0.1, 0.15) is 10.8 Å². The normalized spacial score (nSPS) is 11.5. The summed E-state index contributed by atoms with van der Waals surface area (Å²) in [5.74, 6) is 0.746. The fourth-order valence-corrected chi connectivity index (χ4v) is 3.42. The highest BCUT2D eigenvalue weighted by atomic mass is 32.1. The van der Waals surface area contributed by atoms with E-state index < -0.39 is 0 Å². The highest BCUT2D eigenvalue weighted by Crippen LogP contribution is 2.31. The molecular weight excluding hydrogens is 304 g/mol. The van der Waals surface area contributed by atoms with E-state index in [1.807, 2.05) is 24.3 Å². The number of fused-ring (bicyclic) bond motifs is 1. The smallest absolute Gasteiger partial charge is 0.144 e. The molecule has 23 heavy (non-hydrogen) atoms. The molecule has 0 aliphatic heterocycles. The second-order valence-electron chi connectivity index (χ2n) is 5.31. The first-order valence-electron chi connectivity index (χ1n) is 7.33. The third-order valence-electron chi connectivity index (χ3n) is 3.54. The van der Waals surface area contributed by atoms with Gasteiger partial charge in [-0.05, 0) is 61.0 Å². The second-order valence-corrected chi connectivity index (χ2v) is 6.34. The average Bonchev–Trinajstić information content (AvgIpc) is 3.22. The monoisotopic (exact) mass is 318 g/mol. The minimum absolute atomic E-state index is 0.746. The first-order chi connectivity index (χ1) is 11.3. The Morgan fingerprint density at radius 2 is 1.96 bits per heavy atom. The van der Waals surface area contributed by atoms with Crippen LogP contribution in [0.2, 0.25) is 0 Å². The lowest BCUT2D eigenvalue weighted by Crippen LogP contribution is -1.77. The first-order valence-corrected chi connectivity index (χ1v) is 8.15. The number of benzene rings is 2. The third-order valence-corrected chi connectivity index (χ3v) is 4.61. The molecule has 4 heteroatoms. The maximum absolute atomic E-state index is 5.23. The molecule has 0 amide bonds. The van der Waals surface area contributed by atoms with Gasteiger partial charge in [-0.15, -0.1) is 11.3 Å². The van der Waals surface area contributed by atoms with Crippen LogP contribution in [0.1, 0.15) is 11.3 Å². The lowest BCUT2D eigenvalue weighted by molar-refractivity contribution is 0.560. The zero-order valence-corrected chi connectivity index (χ0v) is 13.4. The lowest BCUT2D eigenvalue weighted by Gasteiger charge is -1.97. The highest BCUT2D eigenvalue weighted by molar-refractivity contribution is 7.21. The van der Waals surface area contributed by atoms with Crippen molar-refractivity contribution >= 4 is 33.5 Å². The molecule has 0 unspecified atom stereocenters. The van der Waals surface area contributed by atoms with E-state index in [2.05, 4.69) is 42.2 Å². The molecule has 4 rings (SSSR count). The summed E-state index contributed by atoms with van der Waals surface area (Å²) < 4.78 is 6.46. The van der Waals surface area contributed by atoms with Gasteiger partial charge in [0.05, 0.1) is 28.4 Å². The van der Waals surface area contributed by atoms with E-state index >= 15 is 0 Å². The molecule has 0 aliphatic carbocycles. The van der Waals surface area contributed by atoms with Crippen LogP contribution in [-0.2, 0) is 0 Å². The quantitative estimate of drug-likeness (QED) is 0.460. The predicted octanol–water partition coefficient (Wildman–Crippen LogP) is 5.62. The number of rotatable bonds is 3. The average molecular weight is 318 g/mol. The molecule has 2 heterocycles. The van der Waals surface area contributed by atoms with Crippen molar-refractivity contribution in [2.75, 3.05) is 0 Å². The van der Waals surface area contributed by atoms with Crippen LogP contribution in [0.5, 0.6) is 0 Å². The Morgan fingerprint density at radius 1 is 1.09 bits per heavy atom. The molecule has 4 aromatic rings. The van der Waals surface area contributed by atoms with Gasteiger partial charge in [-0.1, -0.05) is 6.07 Å². The Morgan fingerprint density at radius 3 is 2.74 bits per heavy atom. The zero-order valence-electron chi connectivity index (χ0n) is 12.6. The Labute approximate surface area is 138 Å². The third kappa shape index (κ3) is 2.94. The van der Waals surface area contributed by atoms with Crippen molar-refractivity contribution in [1.29, 1.82) is 0 Å². The van der Waals surface area contributed by atoms with Crippen LogP contribution in [0.25, 0.3) is 20.8 Å². The van der Waals surface area contributed by atoms with E-state index in [1.54, 1.807) is 23.8 Å². The maximum atomic E-state index is 5.23. The minimum Gasteiger partial charge on any atom is -0.463 e. The number of furan rings is 1. The van der Waals surface area contributed by atoms with Crippen molar-refractivity contribution in [3.63, 3.8) is 0 Å². The molecule has 0 radical (unpaired) electrons. The van der Waals surface area contributed by atoms with Crippen molar-refractivity contribution < 1.29 is 4.42 Å². The second kappa shape index (κ2) is 5.82. The molecule has 0 saturated heterocycles. The molecule has 3 nitrogen and oxygen atoms in total. The molecule has 0 N–H and O–H groups in total. The SMILES string of the molecule is Cc1ccc2nc(-c3ccc(N=Cc4ccco4)cc3)sc2c1. The Kier molecular flexibility index (Phi) is 3.52. The Hall–Kier alpha value is -2.72. The van der Waals surface area contributed by atoms with Crippen LogP contribution < -0.4 is 0 Å². The van der Waals surface area contributed by atoms with Gasteiger partial charge in [0.25, 0.3) is 0 Å². The summed E-state index contributed by atoms with van der Waals surface area (Å²) in [6, 6.07) is 18.2. The number of nitrogens with zero attached hydrogens (tertiary/aromatic N) is 2. The van der Waals surface area contributed by atoms with Gasteiger partial charge in [0.15, 0.2) is 0 Å². The van der Waals surface area contributed by atoms with Crippen LogP contribution in [0.15, 0.2) is 70.3 Å². The molecule has 0 saturated carbocycles. The largest absolute Gasteiger partial charge is 0.463 e. The molecule has 0 bridgehead atoms. The molecule has 112 valence electrons. The molecule has 0 fully saturated rings. The summed E-state index contributed by atoms with van der Waals surface area (Å²) in [6.07, 6.45) is 3.36. The number of hydrogen-bond acceptors (Lipinski definition) is 4. The summed E-state index contributed by atoms with van der Waals surface area (Å²) in [5.41, 5.74) is 4.31. The topological polar surface area (TPSA) is 38.4 Å². The maximum Gasteiger partial charge on any atom is 0.144 e. The van der Waals surface area contributed by atoms with Gasteiger partial charge in [0.2, 0.25) is 0 Å². The minimum atomic E-state index is 0.746. The highest BCUT2D eigenvalue weighted by Gasteiger charge is 2.06. The van der Waals surface area contributed by atoms with Crippen LogP contribution >= 0.6 is 11.3 Å². The van der Waals surface area contributed by atoms with E-state index in [0.29, 0.717) is 0 Å². The Balaban J connectivity index is 1.61. The van der Waals surface area contributed by atoms with Gasteiger partial charge in [0, 0.05) is 5.56 Å². The summed E-state index contributed by atoms with van der Waals surface area (Å²) in [6.45, 7) is 2.10. The molecule has 0 aliphatic rings. The summed E-state index contributed by atoms with van der Waals surface area (Å²) in [5, 5.41) is 1.03. The summed E-state index contributed by atoms with van der Waals surface area (Å²) in [7, 11) is 0. The van der Waals surface area contributed by atoms with Crippen LogP contribution in [0.3, 0.4) is 0 Å². The van der Waals surface area contributed by atoms with Gasteiger partial charge in [-0.25, -0.2) is 4.98 Å². The molecule has 0 spiro atoms. The van der Waals surface area contributed by atoms with Gasteiger partial charge < -0.3 is 4.42 Å². The van der Waals surface area contributed by atoms with Crippen molar-refractivity contribution in [2.45, 2.75) is 6.92 Å². The van der Waals surface area contributed by atoms with Crippen LogP contribution in [0.4, 0.5) is 5.69 Å². The molecule has 0 atom stereocenters. The molecule has 2 aromatic carbocycles. The van der Waals surface area contributed by atoms with Crippen molar-refractivity contribution in [1.82, 2.24) is 4.98 Å². The Bertz CT molecular complexity index is 966. The number of aliphatic imine (C=N–C) groups is 1. The van der Waals surface area contributed by atoms with Crippen molar-refractivity contribution in [3.8, 4) is 10.6 Å². The van der Waals surface area contributed by atoms with Gasteiger partial charge in [-0.3, -0.25) is 4.99 Å². The van der Waals surface area contributed by atoms with Crippen LogP contribution in [0, 0.1) is 6.92 Å². The van der Waals surface area contributed by atoms with Crippen molar-refractivity contribution in [3.05, 3.63) is 72.2 Å². The standard InChI is InChI=1S/C19H14N2OS/c1-13-4-9-17-18(11-13)23-19(21-17)14-5-7-15(8-6-14)20-12-16-3-2-10-22-16/h2-12H,1H3. The van der Waals surface area contributed by atoms with Crippen LogP contribution in [-0.4, -0.2) is 11.2 Å². The van der Waals surface area contributed by atoms with E-state index in [9.17, 15) is 0 Å². The van der Waals surface area contributed by atoms with Gasteiger partial charge >= 0.3 is 0 Å². The first kappa shape index (κ1) is 13.9. The van der Waals surface area contributed by atoms with E-state index in [4.69, 9.17) is 9.40 Å². The van der Waals surface area contributed by atoms with Crippen molar-refractivity contribution in [2.24, 2.45) is 4.99 Å². The van der Waals surface area contributed by atoms with E-state index in [-0.39, 0.29) is 0 Å². The summed E-state index contributed by atoms with van der Waals surface area (Å²) >= 11 is 1.72. The van der Waals surface area contributed by atoms with E-state index in [1.165, 1.54) is 10.3 Å². The molecular formula is C19H14N2OS. The number of aromatic nitrogens is 1. The number of aryl methyl sites for hydroxylation is 1. The number of hydrogen-bond donors (Lipinski definition) is 0. The fourth-order valence-electron chi connectivity index (χ4n) is 2.35. The zero-order chi connectivity index (χ0) is 15.6.